The van der Waals surface area contributed by atoms with Crippen LogP contribution in [0.3, 0.4) is 0 Å². The van der Waals surface area contributed by atoms with E-state index < -0.39 is 5.60 Å². The van der Waals surface area contributed by atoms with E-state index in [-0.39, 0.29) is 0 Å². The van der Waals surface area contributed by atoms with Gasteiger partial charge in [0.1, 0.15) is 5.75 Å². The van der Waals surface area contributed by atoms with Crippen molar-refractivity contribution in [2.45, 2.75) is 19.4 Å². The van der Waals surface area contributed by atoms with Gasteiger partial charge in [-0.1, -0.05) is 65.7 Å². The van der Waals surface area contributed by atoms with Gasteiger partial charge in [-0.25, -0.2) is 0 Å². The van der Waals surface area contributed by atoms with Crippen molar-refractivity contribution >= 4 is 17.0 Å². The first kappa shape index (κ1) is 16.8. The Morgan fingerprint density at radius 1 is 0.750 bits per heavy atom. The fourth-order valence-corrected chi connectivity index (χ4v) is 3.90. The number of rotatable bonds is 2. The fourth-order valence-electron chi connectivity index (χ4n) is 3.90. The number of fused-ring (bicyclic) bond motifs is 3. The van der Waals surface area contributed by atoms with Gasteiger partial charge in [-0.3, -0.25) is 4.98 Å². The summed E-state index contributed by atoms with van der Waals surface area (Å²) in [6, 6.07) is 25.3. The highest BCUT2D eigenvalue weighted by Gasteiger charge is 2.37. The molecule has 0 aliphatic carbocycles. The Morgan fingerprint density at radius 3 is 2.04 bits per heavy atom. The molecule has 4 aromatic rings. The number of pyridine rings is 1. The van der Waals surface area contributed by atoms with Gasteiger partial charge >= 0.3 is 0 Å². The molecule has 1 aliphatic rings. The van der Waals surface area contributed by atoms with Crippen molar-refractivity contribution in [1.29, 1.82) is 0 Å². The number of benzene rings is 3. The SMILES string of the molecule is Cc1ccc(C2(c3ccc(C)cc3)C=Cc3c(ccc4ncccc34)O2)cc1. The highest BCUT2D eigenvalue weighted by molar-refractivity contribution is 5.91. The van der Waals surface area contributed by atoms with Crippen molar-refractivity contribution in [3.63, 3.8) is 0 Å². The molecule has 0 radical (unpaired) electrons. The van der Waals surface area contributed by atoms with Crippen LogP contribution in [0.1, 0.15) is 27.8 Å². The van der Waals surface area contributed by atoms with Crippen molar-refractivity contribution < 1.29 is 4.74 Å². The molecule has 0 N–H and O–H groups in total. The van der Waals surface area contributed by atoms with Crippen LogP contribution in [0.15, 0.2) is 85.1 Å². The van der Waals surface area contributed by atoms with Crippen molar-refractivity contribution in [2.24, 2.45) is 0 Å². The van der Waals surface area contributed by atoms with E-state index in [1.165, 1.54) is 11.1 Å². The van der Waals surface area contributed by atoms with Gasteiger partial charge in [-0.2, -0.15) is 0 Å². The Labute approximate surface area is 165 Å². The van der Waals surface area contributed by atoms with Crippen LogP contribution in [-0.2, 0) is 5.60 Å². The third-order valence-electron chi connectivity index (χ3n) is 5.50. The van der Waals surface area contributed by atoms with Gasteiger partial charge in [0, 0.05) is 28.3 Å². The number of aryl methyl sites for hydroxylation is 2. The van der Waals surface area contributed by atoms with E-state index in [1.807, 2.05) is 24.4 Å². The molecule has 136 valence electrons. The monoisotopic (exact) mass is 363 g/mol. The molecule has 1 aromatic heterocycles. The molecular weight excluding hydrogens is 342 g/mol. The van der Waals surface area contributed by atoms with Crippen LogP contribution in [0.5, 0.6) is 5.75 Å². The third kappa shape index (κ3) is 2.61. The summed E-state index contributed by atoms with van der Waals surface area (Å²) < 4.78 is 6.76. The quantitative estimate of drug-likeness (QED) is 0.423. The summed E-state index contributed by atoms with van der Waals surface area (Å²) in [5.41, 5.74) is 6.13. The Bertz CT molecular complexity index is 1140. The first-order valence-corrected chi connectivity index (χ1v) is 9.56. The molecular formula is C26H21NO. The second kappa shape index (κ2) is 6.35. The Balaban J connectivity index is 1.73. The highest BCUT2D eigenvalue weighted by Crippen LogP contribution is 2.43. The zero-order valence-corrected chi connectivity index (χ0v) is 16.0. The lowest BCUT2D eigenvalue weighted by Gasteiger charge is -2.36. The van der Waals surface area contributed by atoms with E-state index in [9.17, 15) is 0 Å². The minimum absolute atomic E-state index is 0.649. The minimum atomic E-state index is -0.649. The summed E-state index contributed by atoms with van der Waals surface area (Å²) in [5, 5.41) is 1.11. The number of nitrogens with zero attached hydrogens (tertiary/aromatic N) is 1. The minimum Gasteiger partial charge on any atom is -0.473 e. The van der Waals surface area contributed by atoms with E-state index in [4.69, 9.17) is 4.74 Å². The van der Waals surface area contributed by atoms with E-state index in [0.29, 0.717) is 0 Å². The molecule has 0 atom stereocenters. The topological polar surface area (TPSA) is 22.1 Å². The maximum absolute atomic E-state index is 6.76. The van der Waals surface area contributed by atoms with Crippen LogP contribution < -0.4 is 4.74 Å². The van der Waals surface area contributed by atoms with Gasteiger partial charge in [0.05, 0.1) is 5.52 Å². The third-order valence-corrected chi connectivity index (χ3v) is 5.50. The summed E-state index contributed by atoms with van der Waals surface area (Å²) >= 11 is 0. The molecule has 0 saturated carbocycles. The summed E-state index contributed by atoms with van der Waals surface area (Å²) in [7, 11) is 0. The van der Waals surface area contributed by atoms with E-state index in [2.05, 4.69) is 85.6 Å². The summed E-state index contributed by atoms with van der Waals surface area (Å²) in [6.07, 6.45) is 6.19. The van der Waals surface area contributed by atoms with Gasteiger partial charge in [-0.05, 0) is 44.2 Å². The molecule has 0 saturated heterocycles. The standard InChI is InChI=1S/C26H21NO/c1-18-5-9-20(10-6-18)26(21-11-7-19(2)8-12-21)16-15-23-22-4-3-17-27-24(22)13-14-25(23)28-26/h3-17H,1-2H3. The maximum atomic E-state index is 6.76. The lowest BCUT2D eigenvalue weighted by molar-refractivity contribution is 0.161. The largest absolute Gasteiger partial charge is 0.473 e. The Hall–Kier alpha value is -3.39. The Kier molecular flexibility index (Phi) is 3.80. The highest BCUT2D eigenvalue weighted by atomic mass is 16.5. The van der Waals surface area contributed by atoms with Crippen LogP contribution in [0, 0.1) is 13.8 Å². The molecule has 3 aromatic carbocycles. The predicted octanol–water partition coefficient (Wildman–Crippen LogP) is 6.20. The smallest absolute Gasteiger partial charge is 0.178 e. The molecule has 2 nitrogen and oxygen atoms in total. The fraction of sp³-hybridized carbons (Fsp3) is 0.115. The Morgan fingerprint density at radius 2 is 1.39 bits per heavy atom. The number of hydrogen-bond acceptors (Lipinski definition) is 2. The zero-order chi connectivity index (χ0) is 19.1. The van der Waals surface area contributed by atoms with Crippen LogP contribution in [0.4, 0.5) is 0 Å². The summed E-state index contributed by atoms with van der Waals surface area (Å²) in [6.45, 7) is 4.21. The molecule has 28 heavy (non-hydrogen) atoms. The molecule has 0 unspecified atom stereocenters. The van der Waals surface area contributed by atoms with E-state index in [1.54, 1.807) is 0 Å². The molecule has 0 bridgehead atoms. The van der Waals surface area contributed by atoms with Crippen molar-refractivity contribution in [1.82, 2.24) is 4.98 Å². The normalized spacial score (nSPS) is 14.5. The number of aromatic nitrogens is 1. The average Bonchev–Trinajstić information content (AvgIpc) is 2.74. The van der Waals surface area contributed by atoms with Gasteiger partial charge in [0.2, 0.25) is 0 Å². The molecule has 1 aliphatic heterocycles. The zero-order valence-electron chi connectivity index (χ0n) is 16.0. The van der Waals surface area contributed by atoms with Crippen molar-refractivity contribution in [3.05, 3.63) is 113 Å². The van der Waals surface area contributed by atoms with Gasteiger partial charge in [0.15, 0.2) is 5.60 Å². The van der Waals surface area contributed by atoms with E-state index >= 15 is 0 Å². The van der Waals surface area contributed by atoms with Crippen molar-refractivity contribution in [3.8, 4) is 5.75 Å². The second-order valence-corrected chi connectivity index (χ2v) is 7.45. The molecule has 0 amide bonds. The van der Waals surface area contributed by atoms with Crippen LogP contribution >= 0.6 is 0 Å². The lowest BCUT2D eigenvalue weighted by Crippen LogP contribution is -2.34. The van der Waals surface area contributed by atoms with Crippen LogP contribution in [0.2, 0.25) is 0 Å². The average molecular weight is 363 g/mol. The lowest BCUT2D eigenvalue weighted by atomic mass is 9.83. The number of hydrogen-bond donors (Lipinski definition) is 0. The molecule has 0 spiro atoms. The predicted molar refractivity (Wildman–Crippen MR) is 115 cm³/mol. The summed E-state index contributed by atoms with van der Waals surface area (Å²) in [5.74, 6) is 0.879. The van der Waals surface area contributed by atoms with Gasteiger partial charge < -0.3 is 4.74 Å². The van der Waals surface area contributed by atoms with Crippen molar-refractivity contribution in [2.75, 3.05) is 0 Å². The maximum Gasteiger partial charge on any atom is 0.178 e. The molecule has 0 fully saturated rings. The summed E-state index contributed by atoms with van der Waals surface area (Å²) in [4.78, 5) is 4.47. The van der Waals surface area contributed by atoms with Crippen LogP contribution in [0.25, 0.3) is 17.0 Å². The van der Waals surface area contributed by atoms with Crippen LogP contribution in [-0.4, -0.2) is 4.98 Å². The van der Waals surface area contributed by atoms with Gasteiger partial charge in [-0.15, -0.1) is 0 Å². The first-order valence-electron chi connectivity index (χ1n) is 9.56. The van der Waals surface area contributed by atoms with E-state index in [0.717, 1.165) is 33.3 Å². The molecule has 2 heteroatoms. The second-order valence-electron chi connectivity index (χ2n) is 7.45. The molecule has 2 heterocycles. The number of ether oxygens (including phenoxy) is 1. The van der Waals surface area contributed by atoms with Gasteiger partial charge in [0.25, 0.3) is 0 Å². The first-order chi connectivity index (χ1) is 13.7. The molecule has 5 rings (SSSR count).